The number of methoxy groups -OCH3 is 1. The van der Waals surface area contributed by atoms with Crippen LogP contribution in [0.25, 0.3) is 0 Å². The molecular weight excluding hydrogens is 228 g/mol. The van der Waals surface area contributed by atoms with E-state index in [2.05, 4.69) is 25.2 Å². The molecule has 0 aliphatic rings. The van der Waals surface area contributed by atoms with Gasteiger partial charge in [0.05, 0.1) is 7.11 Å². The molecule has 0 aliphatic carbocycles. The second-order valence-electron chi connectivity index (χ2n) is 4.34. The maximum atomic E-state index is 10.8. The molecule has 0 unspecified atom stereocenters. The van der Waals surface area contributed by atoms with Gasteiger partial charge in [0.2, 0.25) is 0 Å². The lowest BCUT2D eigenvalue weighted by atomic mass is 10.00. The predicted molar refractivity (Wildman–Crippen MR) is 69.4 cm³/mol. The molecule has 1 aromatic carbocycles. The van der Waals surface area contributed by atoms with E-state index in [-0.39, 0.29) is 0 Å². The van der Waals surface area contributed by atoms with Crippen LogP contribution in [0.5, 0.6) is 5.75 Å². The van der Waals surface area contributed by atoms with E-state index in [9.17, 15) is 4.79 Å². The van der Waals surface area contributed by atoms with Crippen LogP contribution in [0, 0.1) is 11.3 Å². The zero-order valence-electron chi connectivity index (χ0n) is 11.0. The van der Waals surface area contributed by atoms with Crippen molar-refractivity contribution in [3.05, 3.63) is 29.3 Å². The fraction of sp³-hybridized carbons (Fsp3) is 0.429. The van der Waals surface area contributed by atoms with Gasteiger partial charge in [-0.25, -0.2) is 0 Å². The normalized spacial score (nSPS) is 9.94. The molecule has 1 rings (SSSR count). The van der Waals surface area contributed by atoms with Crippen molar-refractivity contribution in [2.75, 3.05) is 13.7 Å². The highest BCUT2D eigenvalue weighted by Crippen LogP contribution is 2.24. The van der Waals surface area contributed by atoms with Crippen LogP contribution in [0.4, 0.5) is 0 Å². The van der Waals surface area contributed by atoms with Gasteiger partial charge in [0.15, 0.2) is 6.07 Å². The van der Waals surface area contributed by atoms with Crippen LogP contribution in [-0.4, -0.2) is 19.6 Å². The average Bonchev–Trinajstić information content (AvgIpc) is 2.38. The van der Waals surface area contributed by atoms with Gasteiger partial charge in [0, 0.05) is 6.54 Å². The summed E-state index contributed by atoms with van der Waals surface area (Å²) in [5.41, 5.74) is 2.25. The summed E-state index contributed by atoms with van der Waals surface area (Å²) in [5, 5.41) is 10.9. The topological polar surface area (TPSA) is 62.1 Å². The smallest absolute Gasteiger partial charge is 0.322 e. The summed E-state index contributed by atoms with van der Waals surface area (Å²) in [4.78, 5) is 10.8. The van der Waals surface area contributed by atoms with Gasteiger partial charge in [0.1, 0.15) is 5.75 Å². The SMILES string of the molecule is COc1cc(C(C)C)ccc1CCNC(=O)C#N. The summed E-state index contributed by atoms with van der Waals surface area (Å²) in [7, 11) is 1.64. The van der Waals surface area contributed by atoms with Crippen LogP contribution in [0.2, 0.25) is 0 Å². The Morgan fingerprint density at radius 1 is 1.50 bits per heavy atom. The number of nitrogens with zero attached hydrogens (tertiary/aromatic N) is 1. The second kappa shape index (κ2) is 6.65. The molecule has 0 aromatic heterocycles. The Balaban J connectivity index is 2.71. The van der Waals surface area contributed by atoms with Crippen molar-refractivity contribution in [2.45, 2.75) is 26.2 Å². The number of carbonyl (C=O) groups is 1. The van der Waals surface area contributed by atoms with Crippen LogP contribution >= 0.6 is 0 Å². The predicted octanol–water partition coefficient (Wildman–Crippen LogP) is 2.00. The summed E-state index contributed by atoms with van der Waals surface area (Å²) in [6.07, 6.45) is 0.648. The number of nitrogens with one attached hydrogen (secondary N) is 1. The summed E-state index contributed by atoms with van der Waals surface area (Å²) < 4.78 is 5.34. The summed E-state index contributed by atoms with van der Waals surface area (Å²) in [6.45, 7) is 4.69. The van der Waals surface area contributed by atoms with Crippen LogP contribution in [0.3, 0.4) is 0 Å². The van der Waals surface area contributed by atoms with E-state index in [1.54, 1.807) is 7.11 Å². The number of ether oxygens (including phenoxy) is 1. The van der Waals surface area contributed by atoms with E-state index in [1.807, 2.05) is 12.1 Å². The molecule has 1 N–H and O–H groups in total. The zero-order valence-corrected chi connectivity index (χ0v) is 11.0. The van der Waals surface area contributed by atoms with E-state index in [1.165, 1.54) is 11.6 Å². The van der Waals surface area contributed by atoms with Crippen molar-refractivity contribution >= 4 is 5.91 Å². The minimum Gasteiger partial charge on any atom is -0.496 e. The number of hydrogen-bond donors (Lipinski definition) is 1. The highest BCUT2D eigenvalue weighted by atomic mass is 16.5. The van der Waals surface area contributed by atoms with E-state index < -0.39 is 5.91 Å². The lowest BCUT2D eigenvalue weighted by Crippen LogP contribution is -2.23. The Labute approximate surface area is 108 Å². The average molecular weight is 246 g/mol. The van der Waals surface area contributed by atoms with Crippen molar-refractivity contribution in [1.82, 2.24) is 5.32 Å². The third-order valence-electron chi connectivity index (χ3n) is 2.76. The number of rotatable bonds is 5. The maximum absolute atomic E-state index is 10.8. The molecule has 1 amide bonds. The summed E-state index contributed by atoms with van der Waals surface area (Å²) >= 11 is 0. The Morgan fingerprint density at radius 3 is 2.78 bits per heavy atom. The lowest BCUT2D eigenvalue weighted by molar-refractivity contribution is -0.115. The Hall–Kier alpha value is -2.02. The van der Waals surface area contributed by atoms with Crippen molar-refractivity contribution < 1.29 is 9.53 Å². The van der Waals surface area contributed by atoms with E-state index >= 15 is 0 Å². The summed E-state index contributed by atoms with van der Waals surface area (Å²) in [6, 6.07) is 7.61. The summed E-state index contributed by atoms with van der Waals surface area (Å²) in [5.74, 6) is 0.673. The second-order valence-corrected chi connectivity index (χ2v) is 4.34. The molecule has 4 nitrogen and oxygen atoms in total. The minimum absolute atomic E-state index is 0.434. The van der Waals surface area contributed by atoms with Gasteiger partial charge in [-0.2, -0.15) is 5.26 Å². The fourth-order valence-electron chi connectivity index (χ4n) is 1.68. The van der Waals surface area contributed by atoms with Gasteiger partial charge in [0.25, 0.3) is 0 Å². The minimum atomic E-state index is -0.604. The number of nitriles is 1. The highest BCUT2D eigenvalue weighted by molar-refractivity contribution is 5.91. The molecule has 0 atom stereocenters. The molecule has 0 spiro atoms. The van der Waals surface area contributed by atoms with Crippen molar-refractivity contribution in [2.24, 2.45) is 0 Å². The molecule has 0 radical (unpaired) electrons. The molecule has 0 heterocycles. The molecule has 96 valence electrons. The standard InChI is InChI=1S/C14H18N2O2/c1-10(2)12-5-4-11(13(8-12)18-3)6-7-16-14(17)9-15/h4-5,8,10H,6-7H2,1-3H3,(H,16,17). The number of hydrogen-bond acceptors (Lipinski definition) is 3. The molecule has 4 heteroatoms. The first-order valence-electron chi connectivity index (χ1n) is 5.93. The van der Waals surface area contributed by atoms with Gasteiger partial charge >= 0.3 is 5.91 Å². The third-order valence-corrected chi connectivity index (χ3v) is 2.76. The molecular formula is C14H18N2O2. The first kappa shape index (κ1) is 14.0. The molecule has 18 heavy (non-hydrogen) atoms. The van der Waals surface area contributed by atoms with E-state index in [4.69, 9.17) is 10.00 Å². The molecule has 0 bridgehead atoms. The molecule has 0 saturated carbocycles. The van der Waals surface area contributed by atoms with Gasteiger partial charge in [-0.05, 0) is 29.5 Å². The number of carbonyl (C=O) groups excluding carboxylic acids is 1. The van der Waals surface area contributed by atoms with Crippen LogP contribution in [-0.2, 0) is 11.2 Å². The maximum Gasteiger partial charge on any atom is 0.322 e. The van der Waals surface area contributed by atoms with Crippen LogP contribution < -0.4 is 10.1 Å². The van der Waals surface area contributed by atoms with Crippen LogP contribution in [0.15, 0.2) is 18.2 Å². The molecule has 0 aliphatic heterocycles. The van der Waals surface area contributed by atoms with Gasteiger partial charge in [-0.3, -0.25) is 4.79 Å². The van der Waals surface area contributed by atoms with E-state index in [0.29, 0.717) is 18.9 Å². The Kier molecular flexibility index (Phi) is 5.19. The van der Waals surface area contributed by atoms with Crippen molar-refractivity contribution in [3.8, 4) is 11.8 Å². The third kappa shape index (κ3) is 3.77. The van der Waals surface area contributed by atoms with Gasteiger partial charge in [-0.1, -0.05) is 26.0 Å². The molecule has 0 saturated heterocycles. The highest BCUT2D eigenvalue weighted by Gasteiger charge is 2.07. The quantitative estimate of drug-likeness (QED) is 0.808. The zero-order chi connectivity index (χ0) is 13.5. The first-order chi connectivity index (χ1) is 8.58. The lowest BCUT2D eigenvalue weighted by Gasteiger charge is -2.12. The van der Waals surface area contributed by atoms with Gasteiger partial charge in [-0.15, -0.1) is 0 Å². The van der Waals surface area contributed by atoms with Crippen molar-refractivity contribution in [1.29, 1.82) is 5.26 Å². The van der Waals surface area contributed by atoms with E-state index in [0.717, 1.165) is 11.3 Å². The monoisotopic (exact) mass is 246 g/mol. The number of benzene rings is 1. The van der Waals surface area contributed by atoms with Gasteiger partial charge < -0.3 is 10.1 Å². The van der Waals surface area contributed by atoms with Crippen molar-refractivity contribution in [3.63, 3.8) is 0 Å². The molecule has 0 fully saturated rings. The Bertz CT molecular complexity index is 461. The molecule has 1 aromatic rings. The first-order valence-corrected chi connectivity index (χ1v) is 5.93. The van der Waals surface area contributed by atoms with Crippen LogP contribution in [0.1, 0.15) is 30.9 Å². The fourth-order valence-corrected chi connectivity index (χ4v) is 1.68. The Morgan fingerprint density at radius 2 is 2.22 bits per heavy atom. The largest absolute Gasteiger partial charge is 0.496 e. The number of amides is 1.